The number of carbonyl (C=O) groups excluding carboxylic acids is 2. The minimum atomic E-state index is -1.18. The van der Waals surface area contributed by atoms with Crippen molar-refractivity contribution in [3.8, 4) is 0 Å². The van der Waals surface area contributed by atoms with Gasteiger partial charge in [-0.2, -0.15) is 0 Å². The van der Waals surface area contributed by atoms with Crippen molar-refractivity contribution in [2.24, 2.45) is 11.3 Å². The van der Waals surface area contributed by atoms with Crippen molar-refractivity contribution in [1.82, 2.24) is 4.90 Å². The molecule has 1 rings (SSSR count). The number of imide groups is 1. The van der Waals surface area contributed by atoms with E-state index in [1.54, 1.807) is 6.92 Å². The highest BCUT2D eigenvalue weighted by molar-refractivity contribution is 5.97. The van der Waals surface area contributed by atoms with Gasteiger partial charge in [0.25, 0.3) is 0 Å². The Kier molecular flexibility index (Phi) is 4.16. The van der Waals surface area contributed by atoms with E-state index in [2.05, 4.69) is 6.58 Å². The molecule has 5 nitrogen and oxygen atoms in total. The molecule has 0 aromatic carbocycles. The van der Waals surface area contributed by atoms with Crippen LogP contribution < -0.4 is 0 Å². The molecule has 3 atom stereocenters. The van der Waals surface area contributed by atoms with Crippen LogP contribution in [0.3, 0.4) is 0 Å². The summed E-state index contributed by atoms with van der Waals surface area (Å²) < 4.78 is 4.93. The lowest BCUT2D eigenvalue weighted by Gasteiger charge is -2.33. The summed E-state index contributed by atoms with van der Waals surface area (Å²) in [7, 11) is 0. The van der Waals surface area contributed by atoms with Crippen LogP contribution in [0.2, 0.25) is 0 Å². The molecule has 2 amide bonds. The van der Waals surface area contributed by atoms with Gasteiger partial charge >= 0.3 is 6.09 Å². The number of ether oxygens (including phenoxy) is 1. The topological polar surface area (TPSA) is 66.8 Å². The van der Waals surface area contributed by atoms with E-state index in [-0.39, 0.29) is 18.6 Å². The molecular formula is C13H21NO4. The van der Waals surface area contributed by atoms with Crippen LogP contribution in [0.5, 0.6) is 0 Å². The quantitative estimate of drug-likeness (QED) is 0.774. The van der Waals surface area contributed by atoms with Gasteiger partial charge in [0.05, 0.1) is 17.6 Å². The fourth-order valence-electron chi connectivity index (χ4n) is 1.86. The van der Waals surface area contributed by atoms with Gasteiger partial charge in [-0.1, -0.05) is 19.9 Å². The van der Waals surface area contributed by atoms with Crippen LogP contribution in [-0.4, -0.2) is 40.8 Å². The Morgan fingerprint density at radius 1 is 1.61 bits per heavy atom. The predicted molar refractivity (Wildman–Crippen MR) is 66.8 cm³/mol. The Morgan fingerprint density at radius 2 is 2.17 bits per heavy atom. The first-order valence-electron chi connectivity index (χ1n) is 6.07. The third-order valence-corrected chi connectivity index (χ3v) is 3.65. The van der Waals surface area contributed by atoms with Gasteiger partial charge in [-0.3, -0.25) is 4.79 Å². The van der Waals surface area contributed by atoms with Crippen molar-refractivity contribution in [3.05, 3.63) is 12.7 Å². The summed E-state index contributed by atoms with van der Waals surface area (Å²) in [5.41, 5.74) is -1.18. The molecule has 1 N–H and O–H groups in total. The van der Waals surface area contributed by atoms with E-state index in [9.17, 15) is 14.7 Å². The van der Waals surface area contributed by atoms with Crippen LogP contribution in [0.1, 0.15) is 27.7 Å². The number of carbonyl (C=O) groups is 2. The smallest absolute Gasteiger partial charge is 0.417 e. The molecule has 0 bridgehead atoms. The van der Waals surface area contributed by atoms with Crippen molar-refractivity contribution in [1.29, 1.82) is 0 Å². The highest BCUT2D eigenvalue weighted by Crippen LogP contribution is 2.31. The Balaban J connectivity index is 3.07. The van der Waals surface area contributed by atoms with Crippen LogP contribution in [-0.2, 0) is 9.53 Å². The molecule has 0 aromatic heterocycles. The van der Waals surface area contributed by atoms with E-state index < -0.39 is 23.5 Å². The maximum Gasteiger partial charge on any atom is 0.417 e. The summed E-state index contributed by atoms with van der Waals surface area (Å²) in [6, 6.07) is -0.289. The summed E-state index contributed by atoms with van der Waals surface area (Å²) >= 11 is 0. The van der Waals surface area contributed by atoms with E-state index in [0.29, 0.717) is 0 Å². The second-order valence-electron chi connectivity index (χ2n) is 5.23. The van der Waals surface area contributed by atoms with Crippen LogP contribution in [0.15, 0.2) is 12.7 Å². The zero-order valence-electron chi connectivity index (χ0n) is 11.3. The van der Waals surface area contributed by atoms with Crippen molar-refractivity contribution >= 4 is 12.0 Å². The zero-order valence-corrected chi connectivity index (χ0v) is 11.3. The number of cyclic esters (lactones) is 1. The van der Waals surface area contributed by atoms with E-state index >= 15 is 0 Å². The molecule has 5 heteroatoms. The lowest BCUT2D eigenvalue weighted by molar-refractivity contribution is -0.141. The Bertz CT molecular complexity index is 364. The highest BCUT2D eigenvalue weighted by atomic mass is 16.6. The monoisotopic (exact) mass is 255 g/mol. The summed E-state index contributed by atoms with van der Waals surface area (Å²) in [5.74, 6) is -0.364. The number of nitrogens with zero attached hydrogens (tertiary/aromatic N) is 1. The molecule has 1 fully saturated rings. The van der Waals surface area contributed by atoms with Gasteiger partial charge in [0, 0.05) is 0 Å². The second-order valence-corrected chi connectivity index (χ2v) is 5.23. The third kappa shape index (κ3) is 2.27. The third-order valence-electron chi connectivity index (χ3n) is 3.65. The molecule has 1 aliphatic rings. The molecule has 2 unspecified atom stereocenters. The number of rotatable bonds is 4. The van der Waals surface area contributed by atoms with Gasteiger partial charge < -0.3 is 9.84 Å². The Labute approximate surface area is 107 Å². The fraction of sp³-hybridized carbons (Fsp3) is 0.692. The first kappa shape index (κ1) is 14.7. The molecule has 1 aliphatic heterocycles. The van der Waals surface area contributed by atoms with Crippen LogP contribution in [0.25, 0.3) is 0 Å². The Hall–Kier alpha value is -1.36. The maximum atomic E-state index is 12.5. The molecule has 1 heterocycles. The van der Waals surface area contributed by atoms with Gasteiger partial charge in [-0.25, -0.2) is 9.69 Å². The zero-order chi connectivity index (χ0) is 14.1. The van der Waals surface area contributed by atoms with Gasteiger partial charge in [0.15, 0.2) is 0 Å². The van der Waals surface area contributed by atoms with Crippen molar-refractivity contribution in [2.75, 3.05) is 6.61 Å². The van der Waals surface area contributed by atoms with Crippen LogP contribution in [0.4, 0.5) is 4.79 Å². The minimum Gasteiger partial charge on any atom is -0.447 e. The largest absolute Gasteiger partial charge is 0.447 e. The molecule has 0 aliphatic carbocycles. The second kappa shape index (κ2) is 5.10. The van der Waals surface area contributed by atoms with Crippen molar-refractivity contribution in [3.63, 3.8) is 0 Å². The average molecular weight is 255 g/mol. The number of aliphatic hydroxyl groups is 1. The molecule has 1 saturated heterocycles. The van der Waals surface area contributed by atoms with Gasteiger partial charge in [-0.15, -0.1) is 6.58 Å². The molecule has 18 heavy (non-hydrogen) atoms. The summed E-state index contributed by atoms with van der Waals surface area (Å²) in [6.45, 7) is 10.7. The predicted octanol–water partition coefficient (Wildman–Crippen LogP) is 1.56. The lowest BCUT2D eigenvalue weighted by Crippen LogP contribution is -2.51. The molecule has 0 saturated carbocycles. The lowest BCUT2D eigenvalue weighted by atomic mass is 9.83. The van der Waals surface area contributed by atoms with Crippen molar-refractivity contribution in [2.45, 2.75) is 39.8 Å². The molecule has 102 valence electrons. The van der Waals surface area contributed by atoms with E-state index in [1.165, 1.54) is 13.0 Å². The first-order valence-corrected chi connectivity index (χ1v) is 6.07. The van der Waals surface area contributed by atoms with E-state index in [4.69, 9.17) is 4.74 Å². The maximum absolute atomic E-state index is 12.5. The van der Waals surface area contributed by atoms with Crippen LogP contribution >= 0.6 is 0 Å². The average Bonchev–Trinajstić information content (AvgIpc) is 2.68. The summed E-state index contributed by atoms with van der Waals surface area (Å²) in [6.07, 6.45) is -0.195. The molecule has 0 spiro atoms. The summed E-state index contributed by atoms with van der Waals surface area (Å²) in [5, 5.41) is 9.74. The highest BCUT2D eigenvalue weighted by Gasteiger charge is 2.47. The normalized spacial score (nSPS) is 24.7. The fourth-order valence-corrected chi connectivity index (χ4v) is 1.86. The summed E-state index contributed by atoms with van der Waals surface area (Å²) in [4.78, 5) is 25.3. The van der Waals surface area contributed by atoms with Gasteiger partial charge in [0.1, 0.15) is 6.61 Å². The number of amides is 2. The van der Waals surface area contributed by atoms with Crippen molar-refractivity contribution < 1.29 is 19.4 Å². The first-order chi connectivity index (χ1) is 8.25. The van der Waals surface area contributed by atoms with E-state index in [0.717, 1.165) is 4.90 Å². The molecule has 0 aromatic rings. The van der Waals surface area contributed by atoms with Gasteiger partial charge in [0.2, 0.25) is 5.91 Å². The molecular weight excluding hydrogens is 234 g/mol. The molecule has 0 radical (unpaired) electrons. The van der Waals surface area contributed by atoms with Crippen LogP contribution in [0, 0.1) is 11.3 Å². The number of aliphatic hydroxyl groups excluding tert-OH is 1. The standard InChI is InChI=1S/C13H21NO4/c1-6-13(5,9(4)15)11(16)14-10(8(2)3)7-18-12(14)17/h6,8-10,15H,1,7H2,2-5H3/t9?,10-,13?/m1/s1. The Morgan fingerprint density at radius 3 is 2.56 bits per heavy atom. The number of hydrogen-bond acceptors (Lipinski definition) is 4. The van der Waals surface area contributed by atoms with Gasteiger partial charge in [-0.05, 0) is 19.8 Å². The number of hydrogen-bond donors (Lipinski definition) is 1. The minimum absolute atomic E-state index is 0.100. The van der Waals surface area contributed by atoms with E-state index in [1.807, 2.05) is 13.8 Å². The SMILES string of the molecule is C=CC(C)(C(=O)N1C(=O)OC[C@@H]1C(C)C)C(C)O.